The van der Waals surface area contributed by atoms with E-state index in [4.69, 9.17) is 0 Å². The molecule has 1 saturated carbocycles. The molecule has 92 valence electrons. The second-order valence-electron chi connectivity index (χ2n) is 5.34. The number of fused-ring (bicyclic) bond motifs is 1. The number of rotatable bonds is 4. The van der Waals surface area contributed by atoms with Crippen LogP contribution in [0.25, 0.3) is 0 Å². The van der Waals surface area contributed by atoms with Crippen LogP contribution in [0.4, 0.5) is 4.39 Å². The monoisotopic (exact) mass is 297 g/mol. The summed E-state index contributed by atoms with van der Waals surface area (Å²) in [7, 11) is 0. The minimum Gasteiger partial charge on any atom is -0.302 e. The van der Waals surface area contributed by atoms with Gasteiger partial charge in [-0.2, -0.15) is 0 Å². The van der Waals surface area contributed by atoms with E-state index in [1.807, 2.05) is 0 Å². The Morgan fingerprint density at radius 1 is 1.35 bits per heavy atom. The van der Waals surface area contributed by atoms with E-state index in [9.17, 15) is 4.39 Å². The Morgan fingerprint density at radius 3 is 2.82 bits per heavy atom. The molecule has 0 unspecified atom stereocenters. The van der Waals surface area contributed by atoms with Crippen molar-refractivity contribution in [2.45, 2.75) is 18.3 Å². The molecule has 3 rings (SSSR count). The van der Waals surface area contributed by atoms with Crippen molar-refractivity contribution in [3.05, 3.63) is 34.3 Å². The zero-order chi connectivity index (χ0) is 11.9. The summed E-state index contributed by atoms with van der Waals surface area (Å²) in [5.41, 5.74) is 1.87. The molecule has 0 bridgehead atoms. The maximum absolute atomic E-state index is 12.2. The molecule has 1 nitrogen and oxygen atoms in total. The molecular weight excluding hydrogens is 281 g/mol. The van der Waals surface area contributed by atoms with Crippen LogP contribution in [0.5, 0.6) is 0 Å². The number of alkyl halides is 1. The van der Waals surface area contributed by atoms with Crippen molar-refractivity contribution < 1.29 is 4.39 Å². The van der Waals surface area contributed by atoms with Crippen molar-refractivity contribution in [3.63, 3.8) is 0 Å². The van der Waals surface area contributed by atoms with E-state index in [0.717, 1.165) is 30.0 Å². The van der Waals surface area contributed by atoms with Crippen LogP contribution in [0.15, 0.2) is 28.7 Å². The molecule has 3 heteroatoms. The fraction of sp³-hybridized carbons (Fsp3) is 0.571. The zero-order valence-corrected chi connectivity index (χ0v) is 11.4. The van der Waals surface area contributed by atoms with Gasteiger partial charge in [-0.15, -0.1) is 0 Å². The predicted octanol–water partition coefficient (Wildman–Crippen LogP) is 3.38. The summed E-state index contributed by atoms with van der Waals surface area (Å²) in [4.78, 5) is 2.43. The van der Waals surface area contributed by atoms with Gasteiger partial charge in [0.25, 0.3) is 0 Å². The van der Waals surface area contributed by atoms with E-state index in [0.29, 0.717) is 11.8 Å². The SMILES string of the molecule is FCCCN1C[C@H]2C[C@@]2(c2ccc(Br)cc2)C1. The normalized spacial score (nSPS) is 31.5. The summed E-state index contributed by atoms with van der Waals surface area (Å²) in [5.74, 6) is 0.809. The van der Waals surface area contributed by atoms with Crippen molar-refractivity contribution in [3.8, 4) is 0 Å². The average Bonchev–Trinajstić information content (AvgIpc) is 2.91. The van der Waals surface area contributed by atoms with Gasteiger partial charge >= 0.3 is 0 Å². The molecule has 1 aliphatic carbocycles. The molecule has 0 N–H and O–H groups in total. The molecule has 17 heavy (non-hydrogen) atoms. The minimum atomic E-state index is -0.188. The van der Waals surface area contributed by atoms with Crippen LogP contribution in [-0.2, 0) is 5.41 Å². The highest BCUT2D eigenvalue weighted by Crippen LogP contribution is 2.58. The van der Waals surface area contributed by atoms with Gasteiger partial charge in [0.2, 0.25) is 0 Å². The first-order valence-electron chi connectivity index (χ1n) is 6.29. The second kappa shape index (κ2) is 4.36. The maximum Gasteiger partial charge on any atom is 0.0906 e. The standard InChI is InChI=1S/C14H17BrFN/c15-13-4-2-11(3-5-13)14-8-12(14)9-17(10-14)7-1-6-16/h2-5,12H,1,6-10H2/t12-,14+/m1/s1. The van der Waals surface area contributed by atoms with E-state index in [1.165, 1.54) is 12.0 Å². The molecule has 2 atom stereocenters. The van der Waals surface area contributed by atoms with Crippen LogP contribution >= 0.6 is 15.9 Å². The van der Waals surface area contributed by atoms with Gasteiger partial charge in [0.05, 0.1) is 6.67 Å². The molecule has 1 aromatic rings. The molecule has 1 heterocycles. The Labute approximate surface area is 110 Å². The lowest BCUT2D eigenvalue weighted by molar-refractivity contribution is 0.280. The summed E-state index contributed by atoms with van der Waals surface area (Å²) in [6.07, 6.45) is 2.00. The first kappa shape index (κ1) is 11.7. The quantitative estimate of drug-likeness (QED) is 0.823. The lowest BCUT2D eigenvalue weighted by Crippen LogP contribution is -2.27. The molecule has 0 amide bonds. The number of likely N-dealkylation sites (tertiary alicyclic amines) is 1. The van der Waals surface area contributed by atoms with Crippen LogP contribution in [0.2, 0.25) is 0 Å². The second-order valence-corrected chi connectivity index (χ2v) is 6.26. The number of hydrogen-bond donors (Lipinski definition) is 0. The first-order valence-corrected chi connectivity index (χ1v) is 7.08. The number of piperidine rings is 1. The third-order valence-electron chi connectivity index (χ3n) is 4.24. The summed E-state index contributed by atoms with van der Waals surface area (Å²) in [6, 6.07) is 8.73. The van der Waals surface area contributed by atoms with Gasteiger partial charge in [-0.1, -0.05) is 28.1 Å². The third kappa shape index (κ3) is 2.04. The Hall–Kier alpha value is -0.410. The van der Waals surface area contributed by atoms with E-state index in [-0.39, 0.29) is 6.67 Å². The maximum atomic E-state index is 12.2. The Morgan fingerprint density at radius 2 is 2.12 bits per heavy atom. The largest absolute Gasteiger partial charge is 0.302 e. The van der Waals surface area contributed by atoms with Crippen molar-refractivity contribution in [1.82, 2.24) is 4.90 Å². The van der Waals surface area contributed by atoms with Gasteiger partial charge in [-0.25, -0.2) is 0 Å². The topological polar surface area (TPSA) is 3.24 Å². The smallest absolute Gasteiger partial charge is 0.0906 e. The van der Waals surface area contributed by atoms with Gasteiger partial charge in [-0.05, 0) is 36.5 Å². The molecule has 1 aromatic carbocycles. The van der Waals surface area contributed by atoms with Gasteiger partial charge in [-0.3, -0.25) is 4.39 Å². The van der Waals surface area contributed by atoms with Crippen molar-refractivity contribution in [1.29, 1.82) is 0 Å². The zero-order valence-electron chi connectivity index (χ0n) is 9.83. The van der Waals surface area contributed by atoms with E-state index in [2.05, 4.69) is 45.1 Å². The van der Waals surface area contributed by atoms with Gasteiger partial charge < -0.3 is 4.90 Å². The number of benzene rings is 1. The van der Waals surface area contributed by atoms with Gasteiger partial charge in [0.1, 0.15) is 0 Å². The molecule has 1 aliphatic heterocycles. The van der Waals surface area contributed by atoms with Crippen LogP contribution in [0.1, 0.15) is 18.4 Å². The van der Waals surface area contributed by atoms with E-state index < -0.39 is 0 Å². The minimum absolute atomic E-state index is 0.188. The van der Waals surface area contributed by atoms with Crippen molar-refractivity contribution >= 4 is 15.9 Å². The average molecular weight is 298 g/mol. The van der Waals surface area contributed by atoms with Crippen LogP contribution in [0.3, 0.4) is 0 Å². The summed E-state index contributed by atoms with van der Waals surface area (Å²) in [5, 5.41) is 0. The van der Waals surface area contributed by atoms with Crippen LogP contribution < -0.4 is 0 Å². The summed E-state index contributed by atoms with van der Waals surface area (Å²) < 4.78 is 13.3. The predicted molar refractivity (Wildman–Crippen MR) is 71.0 cm³/mol. The van der Waals surface area contributed by atoms with E-state index >= 15 is 0 Å². The highest BCUT2D eigenvalue weighted by Gasteiger charge is 2.60. The number of nitrogens with zero attached hydrogens (tertiary/aromatic N) is 1. The summed E-state index contributed by atoms with van der Waals surface area (Å²) >= 11 is 3.48. The lowest BCUT2D eigenvalue weighted by atomic mass is 9.95. The molecule has 2 fully saturated rings. The highest BCUT2D eigenvalue weighted by atomic mass is 79.9. The molecule has 0 radical (unpaired) electrons. The van der Waals surface area contributed by atoms with Gasteiger partial charge in [0, 0.05) is 29.5 Å². The van der Waals surface area contributed by atoms with Crippen molar-refractivity contribution in [2.75, 3.05) is 26.3 Å². The molecule has 0 aromatic heterocycles. The Balaban J connectivity index is 1.71. The van der Waals surface area contributed by atoms with Gasteiger partial charge in [0.15, 0.2) is 0 Å². The number of halogens is 2. The summed E-state index contributed by atoms with van der Waals surface area (Å²) in [6.45, 7) is 3.02. The van der Waals surface area contributed by atoms with Crippen LogP contribution in [-0.4, -0.2) is 31.2 Å². The fourth-order valence-electron chi connectivity index (χ4n) is 3.27. The fourth-order valence-corrected chi connectivity index (χ4v) is 3.53. The Bertz CT molecular complexity index is 405. The molecule has 0 spiro atoms. The first-order chi connectivity index (χ1) is 8.24. The van der Waals surface area contributed by atoms with E-state index in [1.54, 1.807) is 0 Å². The number of hydrogen-bond acceptors (Lipinski definition) is 1. The highest BCUT2D eigenvalue weighted by molar-refractivity contribution is 9.10. The van der Waals surface area contributed by atoms with Crippen LogP contribution in [0, 0.1) is 5.92 Å². The Kier molecular flexibility index (Phi) is 2.99. The van der Waals surface area contributed by atoms with Crippen molar-refractivity contribution in [2.24, 2.45) is 5.92 Å². The molecule has 2 aliphatic rings. The molecular formula is C14H17BrFN. The molecule has 1 saturated heterocycles. The third-order valence-corrected chi connectivity index (χ3v) is 4.77. The lowest BCUT2D eigenvalue weighted by Gasteiger charge is -2.20.